The van der Waals surface area contributed by atoms with Crippen molar-refractivity contribution in [1.29, 1.82) is 0 Å². The Balaban J connectivity index is 1.73. The first-order valence-electron chi connectivity index (χ1n) is 12.9. The van der Waals surface area contributed by atoms with E-state index in [1.165, 1.54) is 24.3 Å². The van der Waals surface area contributed by atoms with Crippen LogP contribution in [0.4, 0.5) is 23.2 Å². The molecule has 8 nitrogen and oxygen atoms in total. The molecule has 1 fully saturated rings. The molecule has 2 aromatic carbocycles. The first-order valence-corrected chi connectivity index (χ1v) is 12.9. The maximum Gasteiger partial charge on any atom is 0.417 e. The molecule has 0 unspecified atom stereocenters. The van der Waals surface area contributed by atoms with E-state index >= 15 is 0 Å². The van der Waals surface area contributed by atoms with Gasteiger partial charge in [0.1, 0.15) is 17.3 Å². The second kappa shape index (κ2) is 12.5. The van der Waals surface area contributed by atoms with Crippen LogP contribution in [0.2, 0.25) is 0 Å². The zero-order valence-electron chi connectivity index (χ0n) is 22.1. The first-order chi connectivity index (χ1) is 18.8. The third-order valence-electron chi connectivity index (χ3n) is 7.25. The van der Waals surface area contributed by atoms with Crippen LogP contribution in [0.5, 0.6) is 0 Å². The standard InChI is InChI=1S/C28H31F4N3O5/c1-3-27(4-2,26(40)35-14-5-6-15-35)25(39)34-21(24(37)38)16-17-10-12-18(13-11-17)33-23(36)22-19(28(30,31)32)8-7-9-20(22)29/h7-13,21H,3-6,14-16H2,1-2H3,(H,33,36)(H,34,39)(H,37,38)/t21-/m0/s1. The Morgan fingerprint density at radius 2 is 1.57 bits per heavy atom. The van der Waals surface area contributed by atoms with E-state index < -0.39 is 52.4 Å². The maximum absolute atomic E-state index is 14.1. The first kappa shape index (κ1) is 30.6. The van der Waals surface area contributed by atoms with E-state index in [9.17, 15) is 41.8 Å². The van der Waals surface area contributed by atoms with Gasteiger partial charge in [-0.2, -0.15) is 13.2 Å². The van der Waals surface area contributed by atoms with Gasteiger partial charge in [-0.3, -0.25) is 14.4 Å². The second-order valence-electron chi connectivity index (χ2n) is 9.67. The number of carbonyl (C=O) groups excluding carboxylic acids is 3. The summed E-state index contributed by atoms with van der Waals surface area (Å²) in [6.45, 7) is 4.51. The molecule has 1 heterocycles. The lowest BCUT2D eigenvalue weighted by atomic mass is 9.79. The van der Waals surface area contributed by atoms with Gasteiger partial charge in [0.2, 0.25) is 11.8 Å². The summed E-state index contributed by atoms with van der Waals surface area (Å²) in [5, 5.41) is 14.5. The number of carbonyl (C=O) groups is 4. The fourth-order valence-corrected chi connectivity index (χ4v) is 4.83. The highest BCUT2D eigenvalue weighted by molar-refractivity contribution is 6.06. The molecule has 0 saturated carbocycles. The van der Waals surface area contributed by atoms with E-state index in [2.05, 4.69) is 10.6 Å². The predicted molar refractivity (Wildman–Crippen MR) is 138 cm³/mol. The van der Waals surface area contributed by atoms with Crippen LogP contribution in [0.15, 0.2) is 42.5 Å². The number of carboxylic acids is 1. The molecule has 1 aliphatic heterocycles. The summed E-state index contributed by atoms with van der Waals surface area (Å²) in [5.74, 6) is -4.94. The van der Waals surface area contributed by atoms with Crippen LogP contribution in [0.3, 0.4) is 0 Å². The van der Waals surface area contributed by atoms with Gasteiger partial charge >= 0.3 is 12.1 Å². The van der Waals surface area contributed by atoms with E-state index in [4.69, 9.17) is 0 Å². The van der Waals surface area contributed by atoms with Gasteiger partial charge in [-0.25, -0.2) is 9.18 Å². The molecule has 1 atom stereocenters. The van der Waals surface area contributed by atoms with Crippen molar-refractivity contribution in [3.05, 3.63) is 65.0 Å². The number of halogens is 4. The van der Waals surface area contributed by atoms with Crippen molar-refractivity contribution >= 4 is 29.4 Å². The highest BCUT2D eigenvalue weighted by Gasteiger charge is 2.46. The number of benzene rings is 2. The summed E-state index contributed by atoms with van der Waals surface area (Å²) < 4.78 is 53.9. The van der Waals surface area contributed by atoms with E-state index in [0.29, 0.717) is 24.7 Å². The molecule has 1 aliphatic rings. The third-order valence-corrected chi connectivity index (χ3v) is 7.25. The molecule has 40 heavy (non-hydrogen) atoms. The molecule has 216 valence electrons. The molecule has 0 aliphatic carbocycles. The summed E-state index contributed by atoms with van der Waals surface area (Å²) in [7, 11) is 0. The SMILES string of the molecule is CCC(CC)(C(=O)N[C@@H](Cc1ccc(NC(=O)c2c(F)cccc2C(F)(F)F)cc1)C(=O)O)C(=O)N1CCCC1. The van der Waals surface area contributed by atoms with Gasteiger partial charge in [0.05, 0.1) is 11.1 Å². The van der Waals surface area contributed by atoms with E-state index in [0.717, 1.165) is 25.0 Å². The Bertz CT molecular complexity index is 1250. The monoisotopic (exact) mass is 565 g/mol. The van der Waals surface area contributed by atoms with Gasteiger partial charge in [0, 0.05) is 25.2 Å². The topological polar surface area (TPSA) is 116 Å². The number of alkyl halides is 3. The highest BCUT2D eigenvalue weighted by atomic mass is 19.4. The predicted octanol–water partition coefficient (Wildman–Crippen LogP) is 4.64. The lowest BCUT2D eigenvalue weighted by Gasteiger charge is -2.34. The second-order valence-corrected chi connectivity index (χ2v) is 9.67. The van der Waals surface area contributed by atoms with E-state index in [-0.39, 0.29) is 30.9 Å². The number of nitrogens with one attached hydrogen (secondary N) is 2. The Morgan fingerprint density at radius 3 is 2.10 bits per heavy atom. The zero-order valence-corrected chi connectivity index (χ0v) is 22.1. The van der Waals surface area contributed by atoms with Crippen LogP contribution in [0.25, 0.3) is 0 Å². The number of amides is 3. The number of nitrogens with zero attached hydrogens (tertiary/aromatic N) is 1. The minimum Gasteiger partial charge on any atom is -0.480 e. The van der Waals surface area contributed by atoms with Crippen molar-refractivity contribution in [3.63, 3.8) is 0 Å². The molecule has 3 N–H and O–H groups in total. The van der Waals surface area contributed by atoms with Crippen LogP contribution in [0, 0.1) is 11.2 Å². The van der Waals surface area contributed by atoms with Gasteiger partial charge in [0.25, 0.3) is 5.91 Å². The summed E-state index contributed by atoms with van der Waals surface area (Å²) in [6.07, 6.45) is -3.03. The minimum absolute atomic E-state index is 0.0493. The van der Waals surface area contributed by atoms with Crippen LogP contribution >= 0.6 is 0 Å². The number of carboxylic acid groups (broad SMARTS) is 1. The van der Waals surface area contributed by atoms with Crippen LogP contribution in [-0.4, -0.2) is 52.8 Å². The summed E-state index contributed by atoms with van der Waals surface area (Å²) in [6, 6.07) is 6.32. The normalized spacial score (nSPS) is 14.5. The molecular formula is C28H31F4N3O5. The molecule has 0 spiro atoms. The Labute approximate surface area is 228 Å². The molecule has 0 radical (unpaired) electrons. The number of rotatable bonds is 10. The number of aliphatic carboxylic acids is 1. The lowest BCUT2D eigenvalue weighted by Crippen LogP contribution is -2.55. The fourth-order valence-electron chi connectivity index (χ4n) is 4.83. The highest BCUT2D eigenvalue weighted by Crippen LogP contribution is 2.34. The quantitative estimate of drug-likeness (QED) is 0.287. The summed E-state index contributed by atoms with van der Waals surface area (Å²) in [5.41, 5.74) is -3.48. The van der Waals surface area contributed by atoms with Gasteiger partial charge in [0.15, 0.2) is 0 Å². The van der Waals surface area contributed by atoms with Crippen molar-refractivity contribution in [2.24, 2.45) is 5.41 Å². The van der Waals surface area contributed by atoms with Crippen molar-refractivity contribution in [3.8, 4) is 0 Å². The minimum atomic E-state index is -4.94. The molecule has 0 aromatic heterocycles. The van der Waals surface area contributed by atoms with E-state index in [1.54, 1.807) is 18.7 Å². The van der Waals surface area contributed by atoms with Gasteiger partial charge in [-0.1, -0.05) is 32.0 Å². The molecule has 2 aromatic rings. The van der Waals surface area contributed by atoms with E-state index in [1.807, 2.05) is 0 Å². The van der Waals surface area contributed by atoms with Gasteiger partial charge in [-0.05, 0) is 55.5 Å². The number of anilines is 1. The maximum atomic E-state index is 14.1. The van der Waals surface area contributed by atoms with Crippen LogP contribution in [-0.2, 0) is 27.0 Å². The van der Waals surface area contributed by atoms with Crippen molar-refractivity contribution < 1.29 is 41.8 Å². The molecule has 3 amide bonds. The molecule has 3 rings (SSSR count). The summed E-state index contributed by atoms with van der Waals surface area (Å²) >= 11 is 0. The fraction of sp³-hybridized carbons (Fsp3) is 0.429. The average molecular weight is 566 g/mol. The van der Waals surface area contributed by atoms with Crippen LogP contribution < -0.4 is 10.6 Å². The number of likely N-dealkylation sites (tertiary alicyclic amines) is 1. The van der Waals surface area contributed by atoms with Gasteiger partial charge < -0.3 is 20.6 Å². The smallest absolute Gasteiger partial charge is 0.417 e. The molecule has 0 bridgehead atoms. The third kappa shape index (κ3) is 6.60. The van der Waals surface area contributed by atoms with Crippen molar-refractivity contribution in [2.45, 2.75) is 58.2 Å². The molecule has 1 saturated heterocycles. The van der Waals surface area contributed by atoms with Crippen LogP contribution in [0.1, 0.15) is 61.0 Å². The summed E-state index contributed by atoms with van der Waals surface area (Å²) in [4.78, 5) is 52.6. The zero-order chi connectivity index (χ0) is 29.7. The Hall–Kier alpha value is -3.96. The number of hydrogen-bond acceptors (Lipinski definition) is 4. The Kier molecular flexibility index (Phi) is 9.54. The largest absolute Gasteiger partial charge is 0.480 e. The average Bonchev–Trinajstić information content (AvgIpc) is 3.44. The molecular weight excluding hydrogens is 534 g/mol. The number of hydrogen-bond donors (Lipinski definition) is 3. The Morgan fingerprint density at radius 1 is 0.975 bits per heavy atom. The van der Waals surface area contributed by atoms with Gasteiger partial charge in [-0.15, -0.1) is 0 Å². The van der Waals surface area contributed by atoms with Crippen molar-refractivity contribution in [2.75, 3.05) is 18.4 Å². The molecule has 12 heteroatoms. The lowest BCUT2D eigenvalue weighted by molar-refractivity contribution is -0.153. The van der Waals surface area contributed by atoms with Crippen molar-refractivity contribution in [1.82, 2.24) is 10.2 Å².